The standard InChI is InChI=1S/C10H13NO4/c11-6-1-3-10(14,5-6)8-7(9(12)13)2-4-15-8/h2,4,6,14H,1,3,5,11H2,(H,12,13). The highest BCUT2D eigenvalue weighted by Gasteiger charge is 2.42. The van der Waals surface area contributed by atoms with Gasteiger partial charge in [0.1, 0.15) is 16.9 Å². The van der Waals surface area contributed by atoms with Crippen LogP contribution in [0.2, 0.25) is 0 Å². The average Bonchev–Trinajstić information content (AvgIpc) is 2.72. The lowest BCUT2D eigenvalue weighted by molar-refractivity contribution is 0.0183. The second kappa shape index (κ2) is 3.36. The summed E-state index contributed by atoms with van der Waals surface area (Å²) < 4.78 is 5.07. The molecule has 0 aromatic carbocycles. The first-order valence-corrected chi connectivity index (χ1v) is 4.82. The molecule has 1 heterocycles. The predicted molar refractivity (Wildman–Crippen MR) is 51.4 cm³/mol. The molecule has 1 aliphatic rings. The number of aliphatic hydroxyl groups is 1. The number of rotatable bonds is 2. The lowest BCUT2D eigenvalue weighted by atomic mass is 9.95. The average molecular weight is 211 g/mol. The molecule has 1 saturated carbocycles. The van der Waals surface area contributed by atoms with Gasteiger partial charge in [-0.3, -0.25) is 0 Å². The van der Waals surface area contributed by atoms with Gasteiger partial charge in [-0.15, -0.1) is 0 Å². The van der Waals surface area contributed by atoms with Gasteiger partial charge in [0.2, 0.25) is 0 Å². The summed E-state index contributed by atoms with van der Waals surface area (Å²) in [5.41, 5.74) is 4.50. The zero-order chi connectivity index (χ0) is 11.1. The molecule has 0 bridgehead atoms. The van der Waals surface area contributed by atoms with Crippen molar-refractivity contribution in [3.63, 3.8) is 0 Å². The quantitative estimate of drug-likeness (QED) is 0.668. The van der Waals surface area contributed by atoms with E-state index in [1.165, 1.54) is 12.3 Å². The van der Waals surface area contributed by atoms with E-state index in [1.54, 1.807) is 0 Å². The Morgan fingerprint density at radius 1 is 1.67 bits per heavy atom. The van der Waals surface area contributed by atoms with Crippen molar-refractivity contribution < 1.29 is 19.4 Å². The monoisotopic (exact) mass is 211 g/mol. The molecule has 15 heavy (non-hydrogen) atoms. The molecule has 0 amide bonds. The molecular weight excluding hydrogens is 198 g/mol. The van der Waals surface area contributed by atoms with Gasteiger partial charge in [0, 0.05) is 6.04 Å². The van der Waals surface area contributed by atoms with E-state index in [2.05, 4.69) is 0 Å². The lowest BCUT2D eigenvalue weighted by Crippen LogP contribution is -2.26. The van der Waals surface area contributed by atoms with Gasteiger partial charge in [-0.25, -0.2) is 4.79 Å². The first-order valence-electron chi connectivity index (χ1n) is 4.82. The number of carbonyl (C=O) groups is 1. The summed E-state index contributed by atoms with van der Waals surface area (Å²) in [4.78, 5) is 10.9. The zero-order valence-electron chi connectivity index (χ0n) is 8.14. The van der Waals surface area contributed by atoms with E-state index in [0.29, 0.717) is 19.3 Å². The first kappa shape index (κ1) is 10.2. The summed E-state index contributed by atoms with van der Waals surface area (Å²) in [6.07, 6.45) is 2.75. The van der Waals surface area contributed by atoms with Gasteiger partial charge >= 0.3 is 5.97 Å². The molecule has 5 nitrogen and oxygen atoms in total. The number of nitrogens with two attached hydrogens (primary N) is 1. The molecule has 1 aromatic rings. The maximum atomic E-state index is 10.9. The van der Waals surface area contributed by atoms with Crippen molar-refractivity contribution in [3.8, 4) is 0 Å². The molecule has 0 saturated heterocycles. The summed E-state index contributed by atoms with van der Waals surface area (Å²) in [6, 6.07) is 1.25. The number of furan rings is 1. The Hall–Kier alpha value is -1.33. The third-order valence-electron chi connectivity index (χ3n) is 2.85. The zero-order valence-corrected chi connectivity index (χ0v) is 8.14. The van der Waals surface area contributed by atoms with Gasteiger partial charge in [-0.2, -0.15) is 0 Å². The predicted octanol–water partition coefficient (Wildman–Crippen LogP) is 0.677. The smallest absolute Gasteiger partial charge is 0.339 e. The van der Waals surface area contributed by atoms with Crippen LogP contribution in [0.25, 0.3) is 0 Å². The van der Waals surface area contributed by atoms with Crippen molar-refractivity contribution >= 4 is 5.97 Å². The van der Waals surface area contributed by atoms with Gasteiger partial charge < -0.3 is 20.4 Å². The second-order valence-electron chi connectivity index (χ2n) is 4.00. The van der Waals surface area contributed by atoms with Crippen molar-refractivity contribution in [1.29, 1.82) is 0 Å². The van der Waals surface area contributed by atoms with E-state index in [9.17, 15) is 9.90 Å². The Kier molecular flexibility index (Phi) is 2.28. The molecule has 2 atom stereocenters. The van der Waals surface area contributed by atoms with Gasteiger partial charge in [-0.1, -0.05) is 0 Å². The van der Waals surface area contributed by atoms with Crippen LogP contribution in [-0.2, 0) is 5.60 Å². The summed E-state index contributed by atoms with van der Waals surface area (Å²) in [7, 11) is 0. The van der Waals surface area contributed by atoms with Crippen LogP contribution in [0.4, 0.5) is 0 Å². The van der Waals surface area contributed by atoms with E-state index < -0.39 is 11.6 Å². The lowest BCUT2D eigenvalue weighted by Gasteiger charge is -2.20. The SMILES string of the molecule is NC1CCC(O)(c2occc2C(=O)O)C1. The van der Waals surface area contributed by atoms with Crippen molar-refractivity contribution in [2.45, 2.75) is 30.9 Å². The second-order valence-corrected chi connectivity index (χ2v) is 4.00. The molecule has 82 valence electrons. The fraction of sp³-hybridized carbons (Fsp3) is 0.500. The minimum Gasteiger partial charge on any atom is -0.478 e. The fourth-order valence-electron chi connectivity index (χ4n) is 2.11. The Labute approximate surface area is 86.5 Å². The van der Waals surface area contributed by atoms with Crippen LogP contribution >= 0.6 is 0 Å². The van der Waals surface area contributed by atoms with Gasteiger partial charge in [0.25, 0.3) is 0 Å². The van der Waals surface area contributed by atoms with Crippen LogP contribution in [0.15, 0.2) is 16.7 Å². The topological polar surface area (TPSA) is 96.7 Å². The van der Waals surface area contributed by atoms with Crippen LogP contribution in [0.5, 0.6) is 0 Å². The largest absolute Gasteiger partial charge is 0.478 e. The third kappa shape index (κ3) is 1.64. The van der Waals surface area contributed by atoms with Crippen molar-refractivity contribution in [3.05, 3.63) is 23.7 Å². The molecule has 1 fully saturated rings. The molecule has 2 unspecified atom stereocenters. The Bertz CT molecular complexity index is 387. The molecule has 1 aliphatic carbocycles. The van der Waals surface area contributed by atoms with Crippen LogP contribution in [-0.4, -0.2) is 22.2 Å². The van der Waals surface area contributed by atoms with Gasteiger partial charge in [0.15, 0.2) is 0 Å². The Morgan fingerprint density at radius 3 is 2.93 bits per heavy atom. The molecule has 0 aliphatic heterocycles. The van der Waals surface area contributed by atoms with E-state index in [0.717, 1.165) is 0 Å². The van der Waals surface area contributed by atoms with Crippen molar-refractivity contribution in [1.82, 2.24) is 0 Å². The van der Waals surface area contributed by atoms with Crippen molar-refractivity contribution in [2.24, 2.45) is 5.73 Å². The van der Waals surface area contributed by atoms with Gasteiger partial charge in [-0.05, 0) is 25.3 Å². The van der Waals surface area contributed by atoms with Crippen molar-refractivity contribution in [2.75, 3.05) is 0 Å². The summed E-state index contributed by atoms with van der Waals surface area (Å²) >= 11 is 0. The first-order chi connectivity index (χ1) is 7.03. The van der Waals surface area contributed by atoms with Crippen LogP contribution in [0.3, 0.4) is 0 Å². The number of carboxylic acids is 1. The van der Waals surface area contributed by atoms with Crippen LogP contribution < -0.4 is 5.73 Å². The molecule has 0 spiro atoms. The molecule has 5 heteroatoms. The number of carboxylic acid groups (broad SMARTS) is 1. The number of aromatic carboxylic acids is 1. The van der Waals surface area contributed by atoms with E-state index >= 15 is 0 Å². The summed E-state index contributed by atoms with van der Waals surface area (Å²) in [5.74, 6) is -0.962. The summed E-state index contributed by atoms with van der Waals surface area (Å²) in [6.45, 7) is 0. The van der Waals surface area contributed by atoms with Crippen LogP contribution in [0.1, 0.15) is 35.4 Å². The van der Waals surface area contributed by atoms with Gasteiger partial charge in [0.05, 0.1) is 6.26 Å². The fourth-order valence-corrected chi connectivity index (χ4v) is 2.11. The highest BCUT2D eigenvalue weighted by atomic mass is 16.4. The molecular formula is C10H13NO4. The highest BCUT2D eigenvalue weighted by molar-refractivity contribution is 5.89. The molecule has 2 rings (SSSR count). The maximum Gasteiger partial charge on any atom is 0.339 e. The van der Waals surface area contributed by atoms with E-state index in [4.69, 9.17) is 15.3 Å². The summed E-state index contributed by atoms with van der Waals surface area (Å²) in [5, 5.41) is 19.1. The highest BCUT2D eigenvalue weighted by Crippen LogP contribution is 2.39. The molecule has 1 aromatic heterocycles. The third-order valence-corrected chi connectivity index (χ3v) is 2.85. The normalized spacial score (nSPS) is 30.7. The van der Waals surface area contributed by atoms with E-state index in [1.807, 2.05) is 0 Å². The number of hydrogen-bond acceptors (Lipinski definition) is 4. The number of hydrogen-bond donors (Lipinski definition) is 3. The van der Waals surface area contributed by atoms with E-state index in [-0.39, 0.29) is 17.4 Å². The Balaban J connectivity index is 2.37. The Morgan fingerprint density at radius 2 is 2.40 bits per heavy atom. The molecule has 0 radical (unpaired) electrons. The molecule has 4 N–H and O–H groups in total. The minimum atomic E-state index is -1.21. The minimum absolute atomic E-state index is 0.0200. The maximum absolute atomic E-state index is 10.9. The van der Waals surface area contributed by atoms with Crippen LogP contribution in [0, 0.1) is 0 Å².